The lowest BCUT2D eigenvalue weighted by Gasteiger charge is -2.08. The lowest BCUT2D eigenvalue weighted by molar-refractivity contribution is 0.251. The third kappa shape index (κ3) is 5.91. The quantitative estimate of drug-likeness (QED) is 0.732. The number of sulfonamides is 1. The molecule has 130 valence electrons. The summed E-state index contributed by atoms with van der Waals surface area (Å²) in [4.78, 5) is 11.9. The van der Waals surface area contributed by atoms with Gasteiger partial charge in [0.05, 0.1) is 17.4 Å². The summed E-state index contributed by atoms with van der Waals surface area (Å²) < 4.78 is 25.2. The molecular weight excluding hydrogens is 340 g/mol. The summed E-state index contributed by atoms with van der Waals surface area (Å²) in [6.07, 6.45) is 0. The molecule has 0 unspecified atom stereocenters. The molecule has 0 aliphatic heterocycles. The van der Waals surface area contributed by atoms with E-state index >= 15 is 0 Å². The molecular formula is C17H18N4O3S. The van der Waals surface area contributed by atoms with Gasteiger partial charge < -0.3 is 10.6 Å². The molecule has 0 aromatic heterocycles. The van der Waals surface area contributed by atoms with E-state index in [0.29, 0.717) is 23.4 Å². The second-order valence-corrected chi connectivity index (χ2v) is 7.20. The van der Waals surface area contributed by atoms with Crippen LogP contribution in [0.3, 0.4) is 0 Å². The van der Waals surface area contributed by atoms with E-state index in [9.17, 15) is 13.2 Å². The van der Waals surface area contributed by atoms with Crippen LogP contribution in [0.25, 0.3) is 0 Å². The van der Waals surface area contributed by atoms with Gasteiger partial charge in [-0.25, -0.2) is 17.9 Å². The molecule has 2 aromatic rings. The SMILES string of the molecule is CNS(=O)(=O)Cc1ccc(CNC(=O)Nc2ccc(C#N)cc2)cc1. The minimum atomic E-state index is -3.30. The molecule has 2 amide bonds. The number of rotatable bonds is 6. The Morgan fingerprint density at radius 1 is 1.04 bits per heavy atom. The molecule has 0 aliphatic rings. The largest absolute Gasteiger partial charge is 0.334 e. The van der Waals surface area contributed by atoms with E-state index in [1.54, 1.807) is 48.5 Å². The van der Waals surface area contributed by atoms with Gasteiger partial charge in [0.1, 0.15) is 0 Å². The van der Waals surface area contributed by atoms with E-state index in [-0.39, 0.29) is 11.8 Å². The van der Waals surface area contributed by atoms with Crippen LogP contribution >= 0.6 is 0 Å². The number of nitriles is 1. The fraction of sp³-hybridized carbons (Fsp3) is 0.176. The minimum Gasteiger partial charge on any atom is -0.334 e. The monoisotopic (exact) mass is 358 g/mol. The summed E-state index contributed by atoms with van der Waals surface area (Å²) in [6.45, 7) is 0.307. The van der Waals surface area contributed by atoms with Gasteiger partial charge in [-0.2, -0.15) is 5.26 Å². The van der Waals surface area contributed by atoms with Gasteiger partial charge in [-0.05, 0) is 42.4 Å². The van der Waals surface area contributed by atoms with Gasteiger partial charge in [-0.15, -0.1) is 0 Å². The Bertz CT molecular complexity index is 870. The molecule has 3 N–H and O–H groups in total. The fourth-order valence-electron chi connectivity index (χ4n) is 2.03. The number of hydrogen-bond acceptors (Lipinski definition) is 4. The smallest absolute Gasteiger partial charge is 0.319 e. The second kappa shape index (κ2) is 8.28. The van der Waals surface area contributed by atoms with Gasteiger partial charge in [0.15, 0.2) is 0 Å². The molecule has 2 aromatic carbocycles. The highest BCUT2D eigenvalue weighted by Crippen LogP contribution is 2.10. The fourth-order valence-corrected chi connectivity index (χ4v) is 2.81. The highest BCUT2D eigenvalue weighted by Gasteiger charge is 2.08. The van der Waals surface area contributed by atoms with Gasteiger partial charge >= 0.3 is 6.03 Å². The highest BCUT2D eigenvalue weighted by atomic mass is 32.2. The maximum atomic E-state index is 11.9. The Morgan fingerprint density at radius 3 is 2.20 bits per heavy atom. The van der Waals surface area contributed by atoms with Crippen LogP contribution in [-0.2, 0) is 22.3 Å². The molecule has 8 heteroatoms. The molecule has 0 saturated heterocycles. The second-order valence-electron chi connectivity index (χ2n) is 5.28. The normalized spacial score (nSPS) is 10.7. The van der Waals surface area contributed by atoms with E-state index in [4.69, 9.17) is 5.26 Å². The number of carbonyl (C=O) groups excluding carboxylic acids is 1. The van der Waals surface area contributed by atoms with Crippen molar-refractivity contribution in [2.45, 2.75) is 12.3 Å². The van der Waals surface area contributed by atoms with E-state index in [0.717, 1.165) is 5.56 Å². The first kappa shape index (κ1) is 18.4. The maximum absolute atomic E-state index is 11.9. The summed E-state index contributed by atoms with van der Waals surface area (Å²) in [5.74, 6) is -0.0869. The van der Waals surface area contributed by atoms with Crippen LogP contribution in [0, 0.1) is 11.3 Å². The molecule has 0 saturated carbocycles. The summed E-state index contributed by atoms with van der Waals surface area (Å²) in [5.41, 5.74) is 2.62. The van der Waals surface area contributed by atoms with Crippen LogP contribution in [0.4, 0.5) is 10.5 Å². The lowest BCUT2D eigenvalue weighted by Crippen LogP contribution is -2.28. The van der Waals surface area contributed by atoms with Crippen LogP contribution < -0.4 is 15.4 Å². The van der Waals surface area contributed by atoms with Gasteiger partial charge in [0, 0.05) is 12.2 Å². The number of hydrogen-bond donors (Lipinski definition) is 3. The molecule has 0 heterocycles. The van der Waals surface area contributed by atoms with E-state index < -0.39 is 10.0 Å². The topological polar surface area (TPSA) is 111 Å². The number of benzene rings is 2. The Morgan fingerprint density at radius 2 is 1.64 bits per heavy atom. The number of anilines is 1. The van der Waals surface area contributed by atoms with Crippen molar-refractivity contribution in [3.8, 4) is 6.07 Å². The zero-order chi connectivity index (χ0) is 18.3. The molecule has 0 radical (unpaired) electrons. The molecule has 2 rings (SSSR count). The Balaban J connectivity index is 1.86. The average Bonchev–Trinajstić information content (AvgIpc) is 2.61. The van der Waals surface area contributed by atoms with Gasteiger partial charge in [-0.1, -0.05) is 24.3 Å². The summed E-state index contributed by atoms with van der Waals surface area (Å²) in [6, 6.07) is 15.1. The Labute approximate surface area is 146 Å². The Kier molecular flexibility index (Phi) is 6.11. The molecule has 0 spiro atoms. The number of nitrogens with one attached hydrogen (secondary N) is 3. The predicted octanol–water partition coefficient (Wildman–Crippen LogP) is 1.93. The van der Waals surface area contributed by atoms with Crippen LogP contribution in [0.15, 0.2) is 48.5 Å². The maximum Gasteiger partial charge on any atom is 0.319 e. The predicted molar refractivity (Wildman–Crippen MR) is 95.1 cm³/mol. The van der Waals surface area contributed by atoms with Crippen molar-refractivity contribution in [1.29, 1.82) is 5.26 Å². The van der Waals surface area contributed by atoms with Crippen LogP contribution in [0.5, 0.6) is 0 Å². The minimum absolute atomic E-state index is 0.0869. The van der Waals surface area contributed by atoms with E-state index in [1.165, 1.54) is 7.05 Å². The Hall–Kier alpha value is -2.89. The zero-order valence-electron chi connectivity index (χ0n) is 13.6. The van der Waals surface area contributed by atoms with Crippen molar-refractivity contribution in [3.63, 3.8) is 0 Å². The van der Waals surface area contributed by atoms with Crippen molar-refractivity contribution < 1.29 is 13.2 Å². The van der Waals surface area contributed by atoms with Crippen LogP contribution in [-0.4, -0.2) is 21.5 Å². The lowest BCUT2D eigenvalue weighted by atomic mass is 10.1. The van der Waals surface area contributed by atoms with Gasteiger partial charge in [-0.3, -0.25) is 0 Å². The van der Waals surface area contributed by atoms with Gasteiger partial charge in [0.2, 0.25) is 10.0 Å². The van der Waals surface area contributed by atoms with E-state index in [2.05, 4.69) is 15.4 Å². The first-order valence-electron chi connectivity index (χ1n) is 7.46. The standard InChI is InChI=1S/C17H18N4O3S/c1-19-25(23,24)12-15-4-2-14(3-5-15)11-20-17(22)21-16-8-6-13(10-18)7-9-16/h2-9,19H,11-12H2,1H3,(H2,20,21,22). The number of nitrogens with zero attached hydrogens (tertiary/aromatic N) is 1. The molecule has 7 nitrogen and oxygen atoms in total. The summed E-state index contributed by atoms with van der Waals surface area (Å²) >= 11 is 0. The third-order valence-corrected chi connectivity index (χ3v) is 4.75. The molecule has 0 atom stereocenters. The highest BCUT2D eigenvalue weighted by molar-refractivity contribution is 7.88. The first-order valence-corrected chi connectivity index (χ1v) is 9.11. The molecule has 25 heavy (non-hydrogen) atoms. The van der Waals surface area contributed by atoms with Crippen molar-refractivity contribution in [2.75, 3.05) is 12.4 Å². The molecule has 0 fully saturated rings. The molecule has 0 aliphatic carbocycles. The van der Waals surface area contributed by atoms with E-state index in [1.807, 2.05) is 6.07 Å². The number of urea groups is 1. The summed E-state index contributed by atoms with van der Waals surface area (Å²) in [7, 11) is -1.93. The number of carbonyl (C=O) groups is 1. The van der Waals surface area contributed by atoms with Gasteiger partial charge in [0.25, 0.3) is 0 Å². The van der Waals surface area contributed by atoms with Crippen LogP contribution in [0.2, 0.25) is 0 Å². The first-order chi connectivity index (χ1) is 11.9. The van der Waals surface area contributed by atoms with Crippen molar-refractivity contribution in [3.05, 3.63) is 65.2 Å². The third-order valence-electron chi connectivity index (χ3n) is 3.42. The zero-order valence-corrected chi connectivity index (χ0v) is 14.4. The molecule has 0 bridgehead atoms. The van der Waals surface area contributed by atoms with Crippen molar-refractivity contribution in [2.24, 2.45) is 0 Å². The average molecular weight is 358 g/mol. The summed E-state index contributed by atoms with van der Waals surface area (Å²) in [5, 5.41) is 14.1. The van der Waals surface area contributed by atoms with Crippen molar-refractivity contribution >= 4 is 21.7 Å². The van der Waals surface area contributed by atoms with Crippen LogP contribution in [0.1, 0.15) is 16.7 Å². The van der Waals surface area contributed by atoms with Crippen molar-refractivity contribution in [1.82, 2.24) is 10.0 Å². The number of amides is 2.